The number of aromatic nitrogens is 3. The topological polar surface area (TPSA) is 59.8 Å². The van der Waals surface area contributed by atoms with E-state index in [1.54, 1.807) is 17.7 Å². The van der Waals surface area contributed by atoms with Crippen LogP contribution in [0.15, 0.2) is 41.6 Å². The summed E-state index contributed by atoms with van der Waals surface area (Å²) >= 11 is 0. The number of fused-ring (bicyclic) bond motifs is 1. The molecule has 29 heavy (non-hydrogen) atoms. The number of alkyl halides is 2. The first-order valence-corrected chi connectivity index (χ1v) is 9.59. The van der Waals surface area contributed by atoms with Crippen molar-refractivity contribution in [3.63, 3.8) is 0 Å². The number of nitrogens with zero attached hydrogens (tertiary/aromatic N) is 3. The van der Waals surface area contributed by atoms with Crippen molar-refractivity contribution in [2.45, 2.75) is 44.7 Å². The number of hydrogen-bond donors (Lipinski definition) is 1. The first kappa shape index (κ1) is 18.1. The highest BCUT2D eigenvalue weighted by atomic mass is 19.3. The molecule has 2 heterocycles. The Kier molecular flexibility index (Phi) is 3.94. The lowest BCUT2D eigenvalue weighted by atomic mass is 10.0. The SMILES string of the molecule is C[C@@H](Nc1ncnc2cc(=O)n(C3CC34CC4)cc12)c1cccc(C(F)F)c1F. The highest BCUT2D eigenvalue weighted by molar-refractivity contribution is 5.88. The Hall–Kier alpha value is -2.90. The zero-order valence-electron chi connectivity index (χ0n) is 15.7. The zero-order valence-corrected chi connectivity index (χ0v) is 15.7. The third kappa shape index (κ3) is 2.97. The van der Waals surface area contributed by atoms with Gasteiger partial charge >= 0.3 is 0 Å². The van der Waals surface area contributed by atoms with Crippen LogP contribution in [0.3, 0.4) is 0 Å². The summed E-state index contributed by atoms with van der Waals surface area (Å²) in [5.41, 5.74) is 0.193. The smallest absolute Gasteiger partial charge is 0.266 e. The van der Waals surface area contributed by atoms with Gasteiger partial charge in [-0.3, -0.25) is 4.79 Å². The molecule has 5 nitrogen and oxygen atoms in total. The van der Waals surface area contributed by atoms with E-state index in [4.69, 9.17) is 0 Å². The Bertz CT molecular complexity index is 1170. The van der Waals surface area contributed by atoms with Crippen LogP contribution in [-0.2, 0) is 0 Å². The minimum atomic E-state index is -2.88. The van der Waals surface area contributed by atoms with Crippen LogP contribution < -0.4 is 10.9 Å². The van der Waals surface area contributed by atoms with Gasteiger partial charge in [-0.15, -0.1) is 0 Å². The van der Waals surface area contributed by atoms with E-state index < -0.39 is 23.8 Å². The maximum Gasteiger partial charge on any atom is 0.266 e. The molecule has 0 saturated heterocycles. The Morgan fingerprint density at radius 2 is 2.00 bits per heavy atom. The number of pyridine rings is 1. The molecular weight excluding hydrogens is 381 g/mol. The van der Waals surface area contributed by atoms with Crippen LogP contribution in [0, 0.1) is 11.2 Å². The highest BCUT2D eigenvalue weighted by Gasteiger charge is 2.64. The molecule has 1 N–H and O–H groups in total. The Morgan fingerprint density at radius 1 is 1.24 bits per heavy atom. The van der Waals surface area contributed by atoms with Gasteiger partial charge in [0.25, 0.3) is 12.0 Å². The molecule has 2 aromatic heterocycles. The molecule has 0 aliphatic heterocycles. The Labute approximate surface area is 164 Å². The fourth-order valence-corrected chi connectivity index (χ4v) is 4.18. The lowest BCUT2D eigenvalue weighted by Crippen LogP contribution is -2.19. The van der Waals surface area contributed by atoms with Crippen molar-refractivity contribution < 1.29 is 13.2 Å². The van der Waals surface area contributed by atoms with Gasteiger partial charge in [-0.1, -0.05) is 18.2 Å². The van der Waals surface area contributed by atoms with Crippen molar-refractivity contribution in [1.82, 2.24) is 14.5 Å². The molecule has 2 saturated carbocycles. The molecule has 3 aromatic rings. The normalized spacial score (nSPS) is 20.2. The molecule has 1 spiro atoms. The van der Waals surface area contributed by atoms with Gasteiger partial charge in [0.2, 0.25) is 0 Å². The summed E-state index contributed by atoms with van der Waals surface area (Å²) in [7, 11) is 0. The van der Waals surface area contributed by atoms with Gasteiger partial charge in [0.1, 0.15) is 18.0 Å². The quantitative estimate of drug-likeness (QED) is 0.671. The number of benzene rings is 1. The maximum absolute atomic E-state index is 14.5. The van der Waals surface area contributed by atoms with E-state index in [-0.39, 0.29) is 17.2 Å². The van der Waals surface area contributed by atoms with Crippen LogP contribution in [0.5, 0.6) is 0 Å². The van der Waals surface area contributed by atoms with Crippen molar-refractivity contribution in [3.05, 3.63) is 64.1 Å². The van der Waals surface area contributed by atoms with E-state index in [0.717, 1.165) is 25.3 Å². The second kappa shape index (κ2) is 6.30. The van der Waals surface area contributed by atoms with Gasteiger partial charge < -0.3 is 9.88 Å². The van der Waals surface area contributed by atoms with Gasteiger partial charge in [-0.2, -0.15) is 0 Å². The van der Waals surface area contributed by atoms with E-state index in [2.05, 4.69) is 15.3 Å². The highest BCUT2D eigenvalue weighted by Crippen LogP contribution is 2.72. The fraction of sp³-hybridized carbons (Fsp3) is 0.381. The maximum atomic E-state index is 14.5. The Morgan fingerprint density at radius 3 is 2.69 bits per heavy atom. The van der Waals surface area contributed by atoms with E-state index in [1.807, 2.05) is 0 Å². The van der Waals surface area contributed by atoms with Crippen LogP contribution in [0.1, 0.15) is 55.8 Å². The second-order valence-electron chi connectivity index (χ2n) is 8.04. The van der Waals surface area contributed by atoms with Crippen molar-refractivity contribution in [3.8, 4) is 0 Å². The van der Waals surface area contributed by atoms with Crippen molar-refractivity contribution in [2.75, 3.05) is 5.32 Å². The summed E-state index contributed by atoms with van der Waals surface area (Å²) in [6.45, 7) is 1.68. The van der Waals surface area contributed by atoms with Crippen molar-refractivity contribution >= 4 is 16.7 Å². The minimum Gasteiger partial charge on any atom is -0.363 e. The standard InChI is InChI=1S/C21H19F3N4O/c1-11(12-3-2-4-13(18(12)22)19(23)24)27-20-14-9-28(16-8-21(16)5-6-21)17(29)7-15(14)25-10-26-20/h2-4,7,9-11,16,19H,5-6,8H2,1H3,(H,25,26,27)/t11-,16?/m1/s1. The van der Waals surface area contributed by atoms with Gasteiger partial charge in [-0.05, 0) is 31.6 Å². The molecule has 150 valence electrons. The largest absolute Gasteiger partial charge is 0.363 e. The minimum absolute atomic E-state index is 0.0975. The van der Waals surface area contributed by atoms with E-state index in [1.165, 1.54) is 24.5 Å². The molecule has 2 aliphatic rings. The summed E-state index contributed by atoms with van der Waals surface area (Å²) in [5, 5.41) is 3.74. The van der Waals surface area contributed by atoms with Gasteiger partial charge in [0, 0.05) is 23.9 Å². The molecule has 2 fully saturated rings. The molecule has 0 amide bonds. The number of hydrogen-bond acceptors (Lipinski definition) is 4. The predicted octanol–water partition coefficient (Wildman–Crippen LogP) is 4.77. The molecule has 5 rings (SSSR count). The van der Waals surface area contributed by atoms with Crippen LogP contribution >= 0.6 is 0 Å². The summed E-state index contributed by atoms with van der Waals surface area (Å²) in [6, 6.07) is 5.06. The van der Waals surface area contributed by atoms with Crippen molar-refractivity contribution in [1.29, 1.82) is 0 Å². The second-order valence-corrected chi connectivity index (χ2v) is 8.04. The Balaban J connectivity index is 1.51. The average molecular weight is 400 g/mol. The summed E-state index contributed by atoms with van der Waals surface area (Å²) in [5.74, 6) is -0.491. The van der Waals surface area contributed by atoms with Crippen LogP contribution in [0.4, 0.5) is 19.0 Å². The zero-order chi connectivity index (χ0) is 20.3. The lowest BCUT2D eigenvalue weighted by Gasteiger charge is -2.18. The lowest BCUT2D eigenvalue weighted by molar-refractivity contribution is 0.146. The van der Waals surface area contributed by atoms with Crippen LogP contribution in [0.2, 0.25) is 0 Å². The number of nitrogens with one attached hydrogen (secondary N) is 1. The summed E-state index contributed by atoms with van der Waals surface area (Å²) in [6.07, 6.45) is 3.51. The van der Waals surface area contributed by atoms with E-state index in [9.17, 15) is 18.0 Å². The van der Waals surface area contributed by atoms with Crippen LogP contribution in [-0.4, -0.2) is 14.5 Å². The summed E-state index contributed by atoms with van der Waals surface area (Å²) < 4.78 is 42.3. The van der Waals surface area contributed by atoms with E-state index >= 15 is 0 Å². The molecular formula is C21H19F3N4O. The third-order valence-electron chi connectivity index (χ3n) is 6.19. The molecule has 8 heteroatoms. The fourth-order valence-electron chi connectivity index (χ4n) is 4.18. The average Bonchev–Trinajstić information content (AvgIpc) is 3.60. The van der Waals surface area contributed by atoms with Crippen molar-refractivity contribution in [2.24, 2.45) is 5.41 Å². The molecule has 1 aromatic carbocycles. The van der Waals surface area contributed by atoms with Crippen LogP contribution in [0.25, 0.3) is 10.9 Å². The molecule has 2 atom stereocenters. The number of anilines is 1. The first-order chi connectivity index (χ1) is 13.9. The summed E-state index contributed by atoms with van der Waals surface area (Å²) in [4.78, 5) is 20.9. The van der Waals surface area contributed by atoms with Gasteiger partial charge in [0.05, 0.1) is 22.5 Å². The third-order valence-corrected chi connectivity index (χ3v) is 6.19. The van der Waals surface area contributed by atoms with Gasteiger partial charge in [0.15, 0.2) is 0 Å². The molecule has 1 unspecified atom stereocenters. The van der Waals surface area contributed by atoms with E-state index in [0.29, 0.717) is 22.1 Å². The molecule has 0 radical (unpaired) electrons. The monoisotopic (exact) mass is 400 g/mol. The predicted molar refractivity (Wildman–Crippen MR) is 103 cm³/mol. The molecule has 2 aliphatic carbocycles. The first-order valence-electron chi connectivity index (χ1n) is 9.59. The number of halogens is 3. The number of rotatable bonds is 5. The van der Waals surface area contributed by atoms with Gasteiger partial charge in [-0.25, -0.2) is 23.1 Å². The molecule has 0 bridgehead atoms.